The normalized spacial score (nSPS) is 11.2. The van der Waals surface area contributed by atoms with Crippen LogP contribution in [0.1, 0.15) is 12.6 Å². The van der Waals surface area contributed by atoms with Crippen LogP contribution < -0.4 is 0 Å². The van der Waals surface area contributed by atoms with Crippen LogP contribution in [0.25, 0.3) is 11.0 Å². The zero-order valence-corrected chi connectivity index (χ0v) is 8.14. The lowest BCUT2D eigenvalue weighted by Crippen LogP contribution is -1.90. The Balaban J connectivity index is 2.41. The van der Waals surface area contributed by atoms with Gasteiger partial charge in [-0.15, -0.1) is 0 Å². The van der Waals surface area contributed by atoms with Crippen molar-refractivity contribution in [1.29, 1.82) is 0 Å². The number of para-hydroxylation sites is 2. The third-order valence-electron chi connectivity index (χ3n) is 2.06. The average molecular weight is 184 g/mol. The molecule has 0 unspecified atom stereocenters. The van der Waals surface area contributed by atoms with Crippen LogP contribution in [-0.4, -0.2) is 9.97 Å². The zero-order valence-electron chi connectivity index (χ0n) is 8.14. The van der Waals surface area contributed by atoms with Gasteiger partial charge in [-0.05, 0) is 19.1 Å². The summed E-state index contributed by atoms with van der Waals surface area (Å²) in [5.74, 6) is 0. The number of nitrogens with zero attached hydrogens (tertiary/aromatic N) is 2. The maximum absolute atomic E-state index is 4.50. The van der Waals surface area contributed by atoms with Crippen molar-refractivity contribution in [2.45, 2.75) is 13.3 Å². The summed E-state index contributed by atoms with van der Waals surface area (Å²) < 4.78 is 0. The molecule has 0 amide bonds. The predicted octanol–water partition coefficient (Wildman–Crippen LogP) is 2.75. The largest absolute Gasteiger partial charge is 0.253 e. The van der Waals surface area contributed by atoms with Gasteiger partial charge in [0.25, 0.3) is 0 Å². The minimum Gasteiger partial charge on any atom is -0.253 e. The third kappa shape index (κ3) is 1.79. The number of benzene rings is 1. The molecule has 2 aromatic rings. The molecule has 0 saturated heterocycles. The van der Waals surface area contributed by atoms with Crippen molar-refractivity contribution < 1.29 is 0 Å². The maximum atomic E-state index is 4.50. The predicted molar refractivity (Wildman–Crippen MR) is 58.1 cm³/mol. The van der Waals surface area contributed by atoms with Crippen LogP contribution in [0.3, 0.4) is 0 Å². The van der Waals surface area contributed by atoms with E-state index >= 15 is 0 Å². The van der Waals surface area contributed by atoms with Gasteiger partial charge in [0, 0.05) is 12.6 Å². The molecule has 1 aromatic heterocycles. The molecule has 0 aliphatic rings. The van der Waals surface area contributed by atoms with Crippen LogP contribution in [-0.2, 0) is 6.42 Å². The van der Waals surface area contributed by atoms with E-state index in [1.807, 2.05) is 43.5 Å². The Kier molecular flexibility index (Phi) is 2.54. The first kappa shape index (κ1) is 8.88. The first-order chi connectivity index (χ1) is 6.90. The van der Waals surface area contributed by atoms with Crippen molar-refractivity contribution in [1.82, 2.24) is 9.97 Å². The summed E-state index contributed by atoms with van der Waals surface area (Å²) in [7, 11) is 0. The van der Waals surface area contributed by atoms with Crippen LogP contribution >= 0.6 is 0 Å². The average Bonchev–Trinajstić information content (AvgIpc) is 2.26. The van der Waals surface area contributed by atoms with Gasteiger partial charge in [0.2, 0.25) is 0 Å². The molecule has 0 N–H and O–H groups in total. The van der Waals surface area contributed by atoms with Crippen molar-refractivity contribution in [3.63, 3.8) is 0 Å². The molecule has 0 aliphatic carbocycles. The molecule has 2 rings (SSSR count). The van der Waals surface area contributed by atoms with Gasteiger partial charge in [0.1, 0.15) is 0 Å². The number of hydrogen-bond acceptors (Lipinski definition) is 2. The standard InChI is InChI=1S/C12H12N2/c1-2-3-6-10-9-13-11-7-4-5-8-12(11)14-10/h2-5,7-9H,6H2,1H3. The Labute approximate surface area is 83.3 Å². The van der Waals surface area contributed by atoms with E-state index in [0.717, 1.165) is 23.1 Å². The maximum Gasteiger partial charge on any atom is 0.0890 e. The van der Waals surface area contributed by atoms with Crippen molar-refractivity contribution in [2.24, 2.45) is 0 Å². The van der Waals surface area contributed by atoms with Gasteiger partial charge < -0.3 is 0 Å². The molecule has 0 atom stereocenters. The molecule has 0 aliphatic heterocycles. The van der Waals surface area contributed by atoms with Crippen LogP contribution in [0.4, 0.5) is 0 Å². The summed E-state index contributed by atoms with van der Waals surface area (Å²) in [5.41, 5.74) is 2.94. The second-order valence-corrected chi connectivity index (χ2v) is 3.12. The van der Waals surface area contributed by atoms with E-state index < -0.39 is 0 Å². The number of fused-ring (bicyclic) bond motifs is 1. The van der Waals surface area contributed by atoms with Crippen molar-refractivity contribution in [2.75, 3.05) is 0 Å². The molecule has 70 valence electrons. The van der Waals surface area contributed by atoms with E-state index in [-0.39, 0.29) is 0 Å². The van der Waals surface area contributed by atoms with Gasteiger partial charge in [-0.3, -0.25) is 4.98 Å². The molecule has 0 fully saturated rings. The highest BCUT2D eigenvalue weighted by Crippen LogP contribution is 2.08. The highest BCUT2D eigenvalue weighted by atomic mass is 14.8. The van der Waals surface area contributed by atoms with Crippen LogP contribution in [0.2, 0.25) is 0 Å². The fraction of sp³-hybridized carbons (Fsp3) is 0.167. The van der Waals surface area contributed by atoms with Gasteiger partial charge in [0.05, 0.1) is 16.7 Å². The number of hydrogen-bond donors (Lipinski definition) is 0. The van der Waals surface area contributed by atoms with Gasteiger partial charge >= 0.3 is 0 Å². The van der Waals surface area contributed by atoms with Gasteiger partial charge in [-0.1, -0.05) is 24.3 Å². The van der Waals surface area contributed by atoms with E-state index in [0.29, 0.717) is 0 Å². The summed E-state index contributed by atoms with van der Waals surface area (Å²) in [5, 5.41) is 0. The number of aromatic nitrogens is 2. The van der Waals surface area contributed by atoms with Gasteiger partial charge in [-0.2, -0.15) is 0 Å². The molecule has 14 heavy (non-hydrogen) atoms. The highest BCUT2D eigenvalue weighted by molar-refractivity contribution is 5.73. The summed E-state index contributed by atoms with van der Waals surface area (Å²) in [4.78, 5) is 8.84. The van der Waals surface area contributed by atoms with E-state index in [4.69, 9.17) is 0 Å². The number of rotatable bonds is 2. The van der Waals surface area contributed by atoms with Gasteiger partial charge in [-0.25, -0.2) is 4.98 Å². The molecule has 0 radical (unpaired) electrons. The Bertz CT molecular complexity index is 461. The van der Waals surface area contributed by atoms with Crippen LogP contribution in [0.5, 0.6) is 0 Å². The number of allylic oxidation sites excluding steroid dienone is 2. The summed E-state index contributed by atoms with van der Waals surface area (Å²) in [6.45, 7) is 2.01. The molecule has 0 spiro atoms. The Hall–Kier alpha value is -1.70. The summed E-state index contributed by atoms with van der Waals surface area (Å²) in [6.07, 6.45) is 6.80. The first-order valence-electron chi connectivity index (χ1n) is 4.72. The highest BCUT2D eigenvalue weighted by Gasteiger charge is 1.96. The second kappa shape index (κ2) is 4.01. The summed E-state index contributed by atoms with van der Waals surface area (Å²) in [6, 6.07) is 7.92. The molecule has 1 heterocycles. The Morgan fingerprint density at radius 3 is 2.79 bits per heavy atom. The SMILES string of the molecule is CC=CCc1cnc2ccccc2n1. The Morgan fingerprint density at radius 2 is 2.00 bits per heavy atom. The minimum atomic E-state index is 0.855. The fourth-order valence-corrected chi connectivity index (χ4v) is 1.33. The molecule has 0 bridgehead atoms. The lowest BCUT2D eigenvalue weighted by molar-refractivity contribution is 1.10. The van der Waals surface area contributed by atoms with E-state index in [1.165, 1.54) is 0 Å². The molecule has 2 heteroatoms. The fourth-order valence-electron chi connectivity index (χ4n) is 1.33. The lowest BCUT2D eigenvalue weighted by atomic mass is 10.2. The lowest BCUT2D eigenvalue weighted by Gasteiger charge is -1.98. The van der Waals surface area contributed by atoms with E-state index in [1.54, 1.807) is 0 Å². The zero-order chi connectivity index (χ0) is 9.80. The molecular formula is C12H12N2. The van der Waals surface area contributed by atoms with E-state index in [9.17, 15) is 0 Å². The van der Waals surface area contributed by atoms with Crippen LogP contribution in [0, 0.1) is 0 Å². The third-order valence-corrected chi connectivity index (χ3v) is 2.06. The monoisotopic (exact) mass is 184 g/mol. The first-order valence-corrected chi connectivity index (χ1v) is 4.72. The molecule has 2 nitrogen and oxygen atoms in total. The van der Waals surface area contributed by atoms with Crippen molar-refractivity contribution >= 4 is 11.0 Å². The Morgan fingerprint density at radius 1 is 1.21 bits per heavy atom. The van der Waals surface area contributed by atoms with Gasteiger partial charge in [0.15, 0.2) is 0 Å². The molecular weight excluding hydrogens is 172 g/mol. The quantitative estimate of drug-likeness (QED) is 0.671. The summed E-state index contributed by atoms with van der Waals surface area (Å²) >= 11 is 0. The topological polar surface area (TPSA) is 25.8 Å². The van der Waals surface area contributed by atoms with E-state index in [2.05, 4.69) is 16.0 Å². The van der Waals surface area contributed by atoms with Crippen LogP contribution in [0.15, 0.2) is 42.6 Å². The minimum absolute atomic E-state index is 0.855. The van der Waals surface area contributed by atoms with Crippen molar-refractivity contribution in [3.8, 4) is 0 Å². The molecule has 0 saturated carbocycles. The smallest absolute Gasteiger partial charge is 0.0890 e. The second-order valence-electron chi connectivity index (χ2n) is 3.12. The molecule has 1 aromatic carbocycles. The van der Waals surface area contributed by atoms with Crippen molar-refractivity contribution in [3.05, 3.63) is 48.3 Å².